The van der Waals surface area contributed by atoms with E-state index in [9.17, 15) is 13.2 Å². The van der Waals surface area contributed by atoms with Crippen LogP contribution in [0, 0.1) is 5.92 Å². The Morgan fingerprint density at radius 3 is 2.38 bits per heavy atom. The minimum Gasteiger partial charge on any atom is -0.326 e. The summed E-state index contributed by atoms with van der Waals surface area (Å²) in [4.78, 5) is 12.7. The molecule has 10 heteroatoms. The standard InChI is InChI=1S/C19H18Cl4N2O3S/c20-15-4-1-5-16(21)14(15)11-29(27,28)25-8-2-3-12(10-25)19(26)24-13-6-7-17(22)18(23)9-13/h1,4-7,9,12H,2-3,8,10-11H2,(H,24,26). The van der Waals surface area contributed by atoms with E-state index in [1.54, 1.807) is 36.4 Å². The Labute approximate surface area is 189 Å². The lowest BCUT2D eigenvalue weighted by molar-refractivity contribution is -0.120. The lowest BCUT2D eigenvalue weighted by Crippen LogP contribution is -2.44. The van der Waals surface area contributed by atoms with E-state index < -0.39 is 15.9 Å². The van der Waals surface area contributed by atoms with Gasteiger partial charge in [0.05, 0.1) is 21.7 Å². The molecule has 0 aliphatic carbocycles. The number of rotatable bonds is 5. The highest BCUT2D eigenvalue weighted by molar-refractivity contribution is 7.88. The molecular weight excluding hydrogens is 478 g/mol. The summed E-state index contributed by atoms with van der Waals surface area (Å²) in [6, 6.07) is 9.64. The molecule has 0 radical (unpaired) electrons. The van der Waals surface area contributed by atoms with Gasteiger partial charge in [-0.25, -0.2) is 12.7 Å². The number of carbonyl (C=O) groups is 1. The number of nitrogens with one attached hydrogen (secondary N) is 1. The molecule has 29 heavy (non-hydrogen) atoms. The summed E-state index contributed by atoms with van der Waals surface area (Å²) >= 11 is 24.1. The average molecular weight is 496 g/mol. The van der Waals surface area contributed by atoms with E-state index in [4.69, 9.17) is 46.4 Å². The van der Waals surface area contributed by atoms with Crippen molar-refractivity contribution >= 4 is 68.0 Å². The maximum Gasteiger partial charge on any atom is 0.228 e. The molecule has 0 saturated carbocycles. The highest BCUT2D eigenvalue weighted by atomic mass is 35.5. The van der Waals surface area contributed by atoms with Gasteiger partial charge in [-0.3, -0.25) is 4.79 Å². The first-order valence-electron chi connectivity index (χ1n) is 8.84. The molecule has 1 atom stereocenters. The van der Waals surface area contributed by atoms with Crippen molar-refractivity contribution in [2.24, 2.45) is 5.92 Å². The van der Waals surface area contributed by atoms with Gasteiger partial charge in [0, 0.05) is 34.4 Å². The fraction of sp³-hybridized carbons (Fsp3) is 0.316. The number of amides is 1. The molecule has 0 bridgehead atoms. The quantitative estimate of drug-likeness (QED) is 0.597. The highest BCUT2D eigenvalue weighted by Crippen LogP contribution is 2.30. The average Bonchev–Trinajstić information content (AvgIpc) is 2.68. The Morgan fingerprint density at radius 2 is 1.72 bits per heavy atom. The van der Waals surface area contributed by atoms with Gasteiger partial charge in [0.1, 0.15) is 0 Å². The summed E-state index contributed by atoms with van der Waals surface area (Å²) in [6.07, 6.45) is 1.17. The second kappa shape index (κ2) is 9.41. The summed E-state index contributed by atoms with van der Waals surface area (Å²) in [5, 5.41) is 4.08. The normalized spacial score (nSPS) is 17.9. The van der Waals surface area contributed by atoms with E-state index in [1.807, 2.05) is 0 Å². The van der Waals surface area contributed by atoms with Gasteiger partial charge >= 0.3 is 0 Å². The van der Waals surface area contributed by atoms with Gasteiger partial charge < -0.3 is 5.32 Å². The zero-order valence-electron chi connectivity index (χ0n) is 15.2. The molecule has 1 heterocycles. The first kappa shape index (κ1) is 22.7. The van der Waals surface area contributed by atoms with E-state index >= 15 is 0 Å². The van der Waals surface area contributed by atoms with Crippen molar-refractivity contribution in [2.75, 3.05) is 18.4 Å². The number of halogens is 4. The molecule has 3 rings (SSSR count). The predicted octanol–water partition coefficient (Wildman–Crippen LogP) is 5.48. The van der Waals surface area contributed by atoms with Crippen molar-refractivity contribution in [1.82, 2.24) is 4.31 Å². The van der Waals surface area contributed by atoms with E-state index in [-0.39, 0.29) is 18.2 Å². The number of hydrogen-bond acceptors (Lipinski definition) is 3. The van der Waals surface area contributed by atoms with Crippen LogP contribution in [-0.4, -0.2) is 31.7 Å². The molecule has 1 N–H and O–H groups in total. The van der Waals surface area contributed by atoms with E-state index in [2.05, 4.69) is 5.32 Å². The maximum atomic E-state index is 12.9. The topological polar surface area (TPSA) is 66.5 Å². The fourth-order valence-corrected chi connectivity index (χ4v) is 5.83. The van der Waals surface area contributed by atoms with Crippen LogP contribution in [0.5, 0.6) is 0 Å². The Hall–Kier alpha value is -1.02. The van der Waals surface area contributed by atoms with Crippen molar-refractivity contribution in [3.05, 3.63) is 62.1 Å². The Kier molecular flexibility index (Phi) is 7.36. The minimum atomic E-state index is -3.69. The van der Waals surface area contributed by atoms with Crippen molar-refractivity contribution in [1.29, 1.82) is 0 Å². The molecule has 1 saturated heterocycles. The largest absolute Gasteiger partial charge is 0.326 e. The number of anilines is 1. The summed E-state index contributed by atoms with van der Waals surface area (Å²) < 4.78 is 27.2. The van der Waals surface area contributed by atoms with Gasteiger partial charge in [0.15, 0.2) is 0 Å². The van der Waals surface area contributed by atoms with Crippen molar-refractivity contribution in [3.63, 3.8) is 0 Å². The summed E-state index contributed by atoms with van der Waals surface area (Å²) in [7, 11) is -3.69. The number of sulfonamides is 1. The molecule has 0 aromatic heterocycles. The monoisotopic (exact) mass is 494 g/mol. The summed E-state index contributed by atoms with van der Waals surface area (Å²) in [5.74, 6) is -1.05. The molecule has 2 aromatic carbocycles. The van der Waals surface area contributed by atoms with Gasteiger partial charge in [0.2, 0.25) is 15.9 Å². The third kappa shape index (κ3) is 5.57. The number of benzene rings is 2. The Balaban J connectivity index is 1.70. The zero-order chi connectivity index (χ0) is 21.2. The van der Waals surface area contributed by atoms with Crippen LogP contribution in [0.4, 0.5) is 5.69 Å². The summed E-state index contributed by atoms with van der Waals surface area (Å²) in [6.45, 7) is 0.443. The molecule has 1 fully saturated rings. The molecular formula is C19H18Cl4N2O3S. The Morgan fingerprint density at radius 1 is 1.03 bits per heavy atom. The van der Waals surface area contributed by atoms with Crippen LogP contribution in [0.1, 0.15) is 18.4 Å². The lowest BCUT2D eigenvalue weighted by Gasteiger charge is -2.31. The smallest absolute Gasteiger partial charge is 0.228 e. The molecule has 156 valence electrons. The molecule has 5 nitrogen and oxygen atoms in total. The van der Waals surface area contributed by atoms with Crippen molar-refractivity contribution in [3.8, 4) is 0 Å². The van der Waals surface area contributed by atoms with Crippen LogP contribution in [0.25, 0.3) is 0 Å². The highest BCUT2D eigenvalue weighted by Gasteiger charge is 2.33. The third-order valence-electron chi connectivity index (χ3n) is 4.72. The Bertz CT molecular complexity index is 1010. The lowest BCUT2D eigenvalue weighted by atomic mass is 9.99. The van der Waals surface area contributed by atoms with Gasteiger partial charge in [-0.15, -0.1) is 0 Å². The van der Waals surface area contributed by atoms with E-state index in [1.165, 1.54) is 4.31 Å². The van der Waals surface area contributed by atoms with Crippen LogP contribution in [0.3, 0.4) is 0 Å². The third-order valence-corrected chi connectivity index (χ3v) is 7.94. The van der Waals surface area contributed by atoms with Crippen molar-refractivity contribution < 1.29 is 13.2 Å². The number of hydrogen-bond donors (Lipinski definition) is 1. The first-order chi connectivity index (χ1) is 13.7. The second-order valence-electron chi connectivity index (χ2n) is 6.77. The van der Waals surface area contributed by atoms with Crippen LogP contribution < -0.4 is 5.32 Å². The molecule has 1 aliphatic heterocycles. The fourth-order valence-electron chi connectivity index (χ4n) is 3.17. The van der Waals surface area contributed by atoms with Crippen molar-refractivity contribution in [2.45, 2.75) is 18.6 Å². The molecule has 1 unspecified atom stereocenters. The second-order valence-corrected chi connectivity index (χ2v) is 10.4. The predicted molar refractivity (Wildman–Crippen MR) is 118 cm³/mol. The molecule has 2 aromatic rings. The van der Waals surface area contributed by atoms with Crippen LogP contribution in [-0.2, 0) is 20.6 Å². The van der Waals surface area contributed by atoms with E-state index in [0.717, 1.165) is 0 Å². The molecule has 1 aliphatic rings. The molecule has 1 amide bonds. The molecule has 0 spiro atoms. The SMILES string of the molecule is O=C(Nc1ccc(Cl)c(Cl)c1)C1CCCN(S(=O)(=O)Cc2c(Cl)cccc2Cl)C1. The van der Waals surface area contributed by atoms with Crippen LogP contribution in [0.15, 0.2) is 36.4 Å². The number of piperidine rings is 1. The first-order valence-corrected chi connectivity index (χ1v) is 12.0. The zero-order valence-corrected chi connectivity index (χ0v) is 19.0. The van der Waals surface area contributed by atoms with E-state index in [0.29, 0.717) is 50.7 Å². The van der Waals surface area contributed by atoms with Crippen LogP contribution >= 0.6 is 46.4 Å². The maximum absolute atomic E-state index is 12.9. The van der Waals surface area contributed by atoms with Crippen LogP contribution in [0.2, 0.25) is 20.1 Å². The summed E-state index contributed by atoms with van der Waals surface area (Å²) in [5.41, 5.74) is 0.866. The van der Waals surface area contributed by atoms with Gasteiger partial charge in [-0.1, -0.05) is 52.5 Å². The van der Waals surface area contributed by atoms with Gasteiger partial charge in [-0.2, -0.15) is 0 Å². The number of nitrogens with zero attached hydrogens (tertiary/aromatic N) is 1. The number of carbonyl (C=O) groups excluding carboxylic acids is 1. The van der Waals surface area contributed by atoms with Gasteiger partial charge in [-0.05, 0) is 43.2 Å². The minimum absolute atomic E-state index is 0.0948. The van der Waals surface area contributed by atoms with Gasteiger partial charge in [0.25, 0.3) is 0 Å².